The van der Waals surface area contributed by atoms with E-state index in [0.717, 1.165) is 0 Å². The minimum Gasteiger partial charge on any atom is -0.444 e. The van der Waals surface area contributed by atoms with Crippen molar-refractivity contribution >= 4 is 17.9 Å². The third-order valence-electron chi connectivity index (χ3n) is 7.29. The number of nitrogens with zero attached hydrogens (tertiary/aromatic N) is 6. The smallest absolute Gasteiger partial charge is 0.410 e. The van der Waals surface area contributed by atoms with Gasteiger partial charge < -0.3 is 25.0 Å². The molecule has 0 unspecified atom stereocenters. The number of likely N-dealkylation sites (tertiary alicyclic amines) is 1. The van der Waals surface area contributed by atoms with Crippen LogP contribution in [0.1, 0.15) is 73.5 Å². The first-order chi connectivity index (χ1) is 17.5. The fourth-order valence-corrected chi connectivity index (χ4v) is 5.13. The molecule has 0 saturated carbocycles. The molecule has 0 aliphatic carbocycles. The van der Waals surface area contributed by atoms with Crippen molar-refractivity contribution in [1.29, 1.82) is 0 Å². The molecule has 3 rings (SSSR count). The topological polar surface area (TPSA) is 133 Å². The zero-order valence-corrected chi connectivity index (χ0v) is 24.3. The molecule has 1 aromatic heterocycles. The average Bonchev–Trinajstić information content (AvgIpc) is 3.44. The summed E-state index contributed by atoms with van der Waals surface area (Å²) in [5.74, 6) is -0.573. The molecule has 0 radical (unpaired) electrons. The zero-order valence-electron chi connectivity index (χ0n) is 24.3. The molecule has 0 bridgehead atoms. The van der Waals surface area contributed by atoms with E-state index in [2.05, 4.69) is 34.4 Å². The molecule has 12 heteroatoms. The van der Waals surface area contributed by atoms with Gasteiger partial charge in [0.25, 0.3) is 0 Å². The number of aliphatic hydroxyl groups is 1. The lowest BCUT2D eigenvalue weighted by Gasteiger charge is -2.43. The van der Waals surface area contributed by atoms with E-state index in [9.17, 15) is 19.5 Å². The van der Waals surface area contributed by atoms with Crippen LogP contribution >= 0.6 is 0 Å². The normalized spacial score (nSPS) is 22.4. The molecule has 12 nitrogen and oxygen atoms in total. The van der Waals surface area contributed by atoms with Gasteiger partial charge in [-0.2, -0.15) is 0 Å². The van der Waals surface area contributed by atoms with Gasteiger partial charge >= 0.3 is 6.09 Å². The molecule has 2 saturated heterocycles. The van der Waals surface area contributed by atoms with Crippen LogP contribution in [0.3, 0.4) is 0 Å². The number of amides is 3. The van der Waals surface area contributed by atoms with E-state index in [-0.39, 0.29) is 30.9 Å². The van der Waals surface area contributed by atoms with Crippen LogP contribution in [0.5, 0.6) is 0 Å². The van der Waals surface area contributed by atoms with Crippen molar-refractivity contribution < 1.29 is 24.2 Å². The highest BCUT2D eigenvalue weighted by molar-refractivity contribution is 5.90. The molecule has 1 aromatic rings. The number of nitrogens with one attached hydrogen (secondary N) is 1. The average molecular weight is 536 g/mol. The second-order valence-electron chi connectivity index (χ2n) is 12.9. The molecule has 2 N–H and O–H groups in total. The van der Waals surface area contributed by atoms with Crippen molar-refractivity contribution in [1.82, 2.24) is 35.0 Å². The second kappa shape index (κ2) is 10.8. The fourth-order valence-electron chi connectivity index (χ4n) is 5.13. The Bertz CT molecular complexity index is 1020. The third kappa shape index (κ3) is 6.45. The van der Waals surface area contributed by atoms with Gasteiger partial charge in [-0.25, -0.2) is 9.48 Å². The van der Waals surface area contributed by atoms with E-state index in [1.807, 2.05) is 41.5 Å². The summed E-state index contributed by atoms with van der Waals surface area (Å²) in [6.45, 7) is 17.9. The molecule has 2 fully saturated rings. The quantitative estimate of drug-likeness (QED) is 0.578. The molecule has 2 aliphatic heterocycles. The molecule has 3 atom stereocenters. The van der Waals surface area contributed by atoms with Gasteiger partial charge in [-0.3, -0.25) is 14.5 Å². The van der Waals surface area contributed by atoms with Crippen molar-refractivity contribution in [2.24, 2.45) is 5.41 Å². The lowest BCUT2D eigenvalue weighted by atomic mass is 9.85. The Morgan fingerprint density at radius 1 is 1.05 bits per heavy atom. The lowest BCUT2D eigenvalue weighted by molar-refractivity contribution is -0.144. The number of β-amino-alcohol motifs (C(OH)–C–C–N with tert-alkyl or cyclic N) is 1. The summed E-state index contributed by atoms with van der Waals surface area (Å²) in [7, 11) is 1.52. The minimum atomic E-state index is -0.758. The van der Waals surface area contributed by atoms with Crippen LogP contribution < -0.4 is 5.32 Å². The van der Waals surface area contributed by atoms with E-state index in [0.29, 0.717) is 31.9 Å². The lowest BCUT2D eigenvalue weighted by Crippen LogP contribution is -2.55. The summed E-state index contributed by atoms with van der Waals surface area (Å²) in [4.78, 5) is 44.1. The molecular formula is C26H45N7O5. The number of rotatable bonds is 5. The summed E-state index contributed by atoms with van der Waals surface area (Å²) in [6.07, 6.45) is 0.934. The van der Waals surface area contributed by atoms with Crippen molar-refractivity contribution in [3.05, 3.63) is 11.9 Å². The van der Waals surface area contributed by atoms with Gasteiger partial charge in [0.1, 0.15) is 23.4 Å². The minimum absolute atomic E-state index is 0.0957. The van der Waals surface area contributed by atoms with E-state index < -0.39 is 34.7 Å². The molecule has 0 aromatic carbocycles. The zero-order chi connectivity index (χ0) is 28.6. The van der Waals surface area contributed by atoms with Gasteiger partial charge in [-0.05, 0) is 40.0 Å². The van der Waals surface area contributed by atoms with Crippen LogP contribution in [0, 0.1) is 5.41 Å². The number of aromatic nitrogens is 3. The number of piperazine rings is 1. The van der Waals surface area contributed by atoms with Crippen molar-refractivity contribution in [3.63, 3.8) is 0 Å². The standard InChI is InChI=1S/C26H45N7O5/c1-24(2,3)20(22(36)32-15-17(34)14-18(32)21(35)27-9)33-16-19(28-29-33)26(7,8)31-12-10-30(11-13-31)23(37)38-25(4,5)6/h16-18,20,34H,10-15H2,1-9H3,(H,27,35)/t17-,18+,20-/m1/s1. The number of likely N-dealkylation sites (N-methyl/N-ethyl adjacent to an activating group) is 1. The maximum absolute atomic E-state index is 13.8. The van der Waals surface area contributed by atoms with Gasteiger partial charge in [0, 0.05) is 46.2 Å². The van der Waals surface area contributed by atoms with Crippen LogP contribution in [0.15, 0.2) is 6.20 Å². The number of hydrogen-bond donors (Lipinski definition) is 2. The van der Waals surface area contributed by atoms with Gasteiger partial charge in [0.15, 0.2) is 0 Å². The monoisotopic (exact) mass is 535 g/mol. The SMILES string of the molecule is CNC(=O)[C@@H]1C[C@@H](O)CN1C(=O)[C@@H](n1cc(C(C)(C)N2CCN(C(=O)OC(C)(C)C)CC2)nn1)C(C)(C)C. The molecule has 38 heavy (non-hydrogen) atoms. The highest BCUT2D eigenvalue weighted by Crippen LogP contribution is 2.36. The number of ether oxygens (including phenoxy) is 1. The van der Waals surface area contributed by atoms with Gasteiger partial charge in [0.2, 0.25) is 11.8 Å². The molecule has 214 valence electrons. The number of hydrogen-bond acceptors (Lipinski definition) is 8. The van der Waals surface area contributed by atoms with E-state index in [1.165, 1.54) is 11.9 Å². The van der Waals surface area contributed by atoms with Crippen LogP contribution in [-0.4, -0.2) is 110 Å². The predicted molar refractivity (Wildman–Crippen MR) is 141 cm³/mol. The first kappa shape index (κ1) is 29.8. The third-order valence-corrected chi connectivity index (χ3v) is 7.29. The van der Waals surface area contributed by atoms with E-state index in [1.54, 1.807) is 15.8 Å². The summed E-state index contributed by atoms with van der Waals surface area (Å²) in [5, 5.41) is 21.7. The Morgan fingerprint density at radius 3 is 2.18 bits per heavy atom. The second-order valence-corrected chi connectivity index (χ2v) is 12.9. The molecule has 3 amide bonds. The first-order valence-corrected chi connectivity index (χ1v) is 13.3. The van der Waals surface area contributed by atoms with Gasteiger partial charge in [0.05, 0.1) is 17.8 Å². The predicted octanol–water partition coefficient (Wildman–Crippen LogP) is 1.36. The van der Waals surface area contributed by atoms with Crippen molar-refractivity contribution in [2.45, 2.75) is 91.1 Å². The van der Waals surface area contributed by atoms with Crippen molar-refractivity contribution in [2.75, 3.05) is 39.8 Å². The number of carbonyl (C=O) groups is 3. The fraction of sp³-hybridized carbons (Fsp3) is 0.808. The molecule has 3 heterocycles. The number of aliphatic hydroxyl groups excluding tert-OH is 1. The summed E-state index contributed by atoms with van der Waals surface area (Å²) in [5.41, 5.74) is -0.875. The molecular weight excluding hydrogens is 490 g/mol. The summed E-state index contributed by atoms with van der Waals surface area (Å²) >= 11 is 0. The van der Waals surface area contributed by atoms with Crippen LogP contribution in [0.4, 0.5) is 4.79 Å². The van der Waals surface area contributed by atoms with Crippen molar-refractivity contribution in [3.8, 4) is 0 Å². The molecule has 0 spiro atoms. The molecule has 2 aliphatic rings. The Balaban J connectivity index is 1.78. The summed E-state index contributed by atoms with van der Waals surface area (Å²) < 4.78 is 7.10. The van der Waals surface area contributed by atoms with E-state index in [4.69, 9.17) is 4.74 Å². The van der Waals surface area contributed by atoms with Gasteiger partial charge in [-0.15, -0.1) is 5.10 Å². The maximum atomic E-state index is 13.8. The Labute approximate surface area is 225 Å². The summed E-state index contributed by atoms with van der Waals surface area (Å²) in [6, 6.07) is -1.45. The highest BCUT2D eigenvalue weighted by Gasteiger charge is 2.45. The van der Waals surface area contributed by atoms with Crippen LogP contribution in [0.2, 0.25) is 0 Å². The van der Waals surface area contributed by atoms with E-state index >= 15 is 0 Å². The maximum Gasteiger partial charge on any atom is 0.410 e. The number of carbonyl (C=O) groups excluding carboxylic acids is 3. The highest BCUT2D eigenvalue weighted by atomic mass is 16.6. The van der Waals surface area contributed by atoms with Crippen LogP contribution in [-0.2, 0) is 19.9 Å². The Morgan fingerprint density at radius 2 is 1.66 bits per heavy atom. The van der Waals surface area contributed by atoms with Gasteiger partial charge in [-0.1, -0.05) is 26.0 Å². The van der Waals surface area contributed by atoms with Crippen LogP contribution in [0.25, 0.3) is 0 Å². The Kier molecular flexibility index (Phi) is 8.47. The largest absolute Gasteiger partial charge is 0.444 e. The Hall–Kier alpha value is -2.73. The first-order valence-electron chi connectivity index (χ1n) is 13.3.